The molecule has 0 bridgehead atoms. The van der Waals surface area contributed by atoms with Crippen molar-refractivity contribution in [2.45, 2.75) is 6.42 Å². The van der Waals surface area contributed by atoms with Crippen molar-refractivity contribution in [1.82, 2.24) is 0 Å². The molecule has 0 fully saturated rings. The van der Waals surface area contributed by atoms with Gasteiger partial charge in [0.05, 0.1) is 6.42 Å². The summed E-state index contributed by atoms with van der Waals surface area (Å²) >= 11 is 4.37. The summed E-state index contributed by atoms with van der Waals surface area (Å²) < 4.78 is 2.12. The van der Waals surface area contributed by atoms with Gasteiger partial charge >= 0.3 is 0 Å². The summed E-state index contributed by atoms with van der Waals surface area (Å²) in [5, 5.41) is 1.13. The molecule has 0 N–H and O–H groups in total. The molecule has 2 rings (SSSR count). The van der Waals surface area contributed by atoms with Crippen molar-refractivity contribution in [3.63, 3.8) is 0 Å². The highest BCUT2D eigenvalue weighted by atomic mass is 32.1. The molecule has 1 aromatic carbocycles. The molecule has 0 atom stereocenters. The monoisotopic (exact) mass is 164 g/mol. The number of thiol groups is 1. The van der Waals surface area contributed by atoms with Crippen LogP contribution in [0.15, 0.2) is 24.3 Å². The maximum Gasteiger partial charge on any atom is 0.217 e. The lowest BCUT2D eigenvalue weighted by Crippen LogP contribution is -1.99. The van der Waals surface area contributed by atoms with E-state index in [1.54, 1.807) is 0 Å². The molecule has 11 heavy (non-hydrogen) atoms. The molecule has 0 radical (unpaired) electrons. The SMILES string of the molecule is C[N+]1=C(S)Cc2ccccc21. The van der Waals surface area contributed by atoms with Gasteiger partial charge in [0.25, 0.3) is 0 Å². The van der Waals surface area contributed by atoms with Crippen LogP contribution in [-0.4, -0.2) is 16.7 Å². The number of rotatable bonds is 0. The van der Waals surface area contributed by atoms with Crippen molar-refractivity contribution in [2.75, 3.05) is 7.05 Å². The van der Waals surface area contributed by atoms with Crippen molar-refractivity contribution in [3.8, 4) is 0 Å². The van der Waals surface area contributed by atoms with Crippen LogP contribution < -0.4 is 0 Å². The normalized spacial score (nSPS) is 15.5. The third-order valence-corrected chi connectivity index (χ3v) is 2.55. The smallest absolute Gasteiger partial charge is 0.193 e. The lowest BCUT2D eigenvalue weighted by Gasteiger charge is -1.91. The van der Waals surface area contributed by atoms with Crippen molar-refractivity contribution in [2.24, 2.45) is 0 Å². The molecule has 0 aromatic heterocycles. The molecule has 0 amide bonds. The molecule has 0 saturated carbocycles. The van der Waals surface area contributed by atoms with Crippen LogP contribution in [0.5, 0.6) is 0 Å². The zero-order valence-electron chi connectivity index (χ0n) is 6.41. The van der Waals surface area contributed by atoms with Crippen LogP contribution in [-0.2, 0) is 6.42 Å². The van der Waals surface area contributed by atoms with E-state index in [1.807, 2.05) is 7.05 Å². The minimum Gasteiger partial charge on any atom is -0.193 e. The summed E-state index contributed by atoms with van der Waals surface area (Å²) in [5.41, 5.74) is 2.66. The number of nitrogens with zero attached hydrogens (tertiary/aromatic N) is 1. The zero-order chi connectivity index (χ0) is 7.84. The highest BCUT2D eigenvalue weighted by molar-refractivity contribution is 7.96. The van der Waals surface area contributed by atoms with Crippen LogP contribution in [0.4, 0.5) is 5.69 Å². The van der Waals surface area contributed by atoms with Gasteiger partial charge in [-0.1, -0.05) is 30.8 Å². The second kappa shape index (κ2) is 2.38. The van der Waals surface area contributed by atoms with E-state index >= 15 is 0 Å². The average molecular weight is 164 g/mol. The van der Waals surface area contributed by atoms with Crippen molar-refractivity contribution >= 4 is 23.4 Å². The first-order chi connectivity index (χ1) is 5.29. The summed E-state index contributed by atoms with van der Waals surface area (Å²) in [4.78, 5) is 0. The molecule has 1 aliphatic rings. The molecular weight excluding hydrogens is 154 g/mol. The fourth-order valence-electron chi connectivity index (χ4n) is 1.42. The molecule has 1 aliphatic heterocycles. The Bertz CT molecular complexity index is 328. The third kappa shape index (κ3) is 0.979. The second-order valence-corrected chi connectivity index (χ2v) is 3.30. The van der Waals surface area contributed by atoms with Crippen molar-refractivity contribution in [3.05, 3.63) is 29.8 Å². The summed E-state index contributed by atoms with van der Waals surface area (Å²) in [6.45, 7) is 0. The van der Waals surface area contributed by atoms with Gasteiger partial charge in [-0.05, 0) is 0 Å². The Hall–Kier alpha value is -0.760. The predicted octanol–water partition coefficient (Wildman–Crippen LogP) is 1.84. The van der Waals surface area contributed by atoms with Crippen molar-refractivity contribution in [1.29, 1.82) is 0 Å². The quantitative estimate of drug-likeness (QED) is 0.440. The van der Waals surface area contributed by atoms with Gasteiger partial charge in [0, 0.05) is 11.6 Å². The highest BCUT2D eigenvalue weighted by Crippen LogP contribution is 2.25. The largest absolute Gasteiger partial charge is 0.217 e. The lowest BCUT2D eigenvalue weighted by molar-refractivity contribution is -0.398. The fourth-order valence-corrected chi connectivity index (χ4v) is 1.69. The number of para-hydroxylation sites is 1. The zero-order valence-corrected chi connectivity index (χ0v) is 7.31. The maximum atomic E-state index is 4.37. The maximum absolute atomic E-state index is 4.37. The molecular formula is C9H10NS+. The standard InChI is InChI=1S/C9H9NS/c1-10-8-5-3-2-4-7(8)6-9(10)11/h2-5H,6H2,1H3/p+1. The number of benzene rings is 1. The number of hydrogen-bond donors (Lipinski definition) is 1. The van der Waals surface area contributed by atoms with E-state index < -0.39 is 0 Å². The summed E-state index contributed by atoms with van der Waals surface area (Å²) in [5.74, 6) is 0. The molecule has 1 nitrogen and oxygen atoms in total. The van der Waals surface area contributed by atoms with Gasteiger partial charge in [0.1, 0.15) is 7.05 Å². The van der Waals surface area contributed by atoms with Gasteiger partial charge in [-0.25, -0.2) is 0 Å². The van der Waals surface area contributed by atoms with Crippen LogP contribution in [0, 0.1) is 0 Å². The molecule has 1 heterocycles. The first-order valence-electron chi connectivity index (χ1n) is 3.65. The van der Waals surface area contributed by atoms with Crippen LogP contribution in [0.1, 0.15) is 5.56 Å². The summed E-state index contributed by atoms with van der Waals surface area (Å²) in [7, 11) is 2.05. The van der Waals surface area contributed by atoms with Crippen molar-refractivity contribution < 1.29 is 4.58 Å². The first kappa shape index (κ1) is 6.92. The lowest BCUT2D eigenvalue weighted by atomic mass is 10.2. The minimum absolute atomic E-state index is 0.982. The van der Waals surface area contributed by atoms with Gasteiger partial charge < -0.3 is 0 Å². The fraction of sp³-hybridized carbons (Fsp3) is 0.222. The van der Waals surface area contributed by atoms with Crippen LogP contribution >= 0.6 is 12.6 Å². The third-order valence-electron chi connectivity index (χ3n) is 2.09. The van der Waals surface area contributed by atoms with Crippen LogP contribution in [0.3, 0.4) is 0 Å². The van der Waals surface area contributed by atoms with E-state index in [0.717, 1.165) is 11.5 Å². The second-order valence-electron chi connectivity index (χ2n) is 2.78. The topological polar surface area (TPSA) is 3.01 Å². The highest BCUT2D eigenvalue weighted by Gasteiger charge is 2.22. The van der Waals surface area contributed by atoms with E-state index in [1.165, 1.54) is 11.3 Å². The van der Waals surface area contributed by atoms with Gasteiger partial charge in [-0.2, -0.15) is 4.58 Å². The Labute approximate surface area is 71.8 Å². The Kier molecular flexibility index (Phi) is 1.50. The van der Waals surface area contributed by atoms with Gasteiger partial charge in [0.15, 0.2) is 0 Å². The van der Waals surface area contributed by atoms with E-state index in [2.05, 4.69) is 41.5 Å². The number of fused-ring (bicyclic) bond motifs is 1. The summed E-state index contributed by atoms with van der Waals surface area (Å²) in [6, 6.07) is 8.40. The van der Waals surface area contributed by atoms with Crippen LogP contribution in [0.25, 0.3) is 0 Å². The average Bonchev–Trinajstić information content (AvgIpc) is 2.30. The van der Waals surface area contributed by atoms with Gasteiger partial charge in [-0.3, -0.25) is 0 Å². The Balaban J connectivity index is 2.60. The van der Waals surface area contributed by atoms with E-state index in [-0.39, 0.29) is 0 Å². The van der Waals surface area contributed by atoms with E-state index in [0.29, 0.717) is 0 Å². The molecule has 0 aliphatic carbocycles. The predicted molar refractivity (Wildman–Crippen MR) is 50.0 cm³/mol. The van der Waals surface area contributed by atoms with Crippen LogP contribution in [0.2, 0.25) is 0 Å². The number of hydrogen-bond acceptors (Lipinski definition) is 0. The molecule has 0 unspecified atom stereocenters. The van der Waals surface area contributed by atoms with Gasteiger partial charge in [-0.15, -0.1) is 0 Å². The molecule has 1 aromatic rings. The van der Waals surface area contributed by atoms with E-state index in [4.69, 9.17) is 0 Å². The molecule has 0 spiro atoms. The molecule has 2 heteroatoms. The molecule has 0 saturated heterocycles. The first-order valence-corrected chi connectivity index (χ1v) is 4.10. The summed E-state index contributed by atoms with van der Waals surface area (Å²) in [6.07, 6.45) is 0.982. The van der Waals surface area contributed by atoms with Gasteiger partial charge in [0.2, 0.25) is 10.7 Å². The minimum atomic E-state index is 0.982. The Morgan fingerprint density at radius 2 is 2.09 bits per heavy atom. The Morgan fingerprint density at radius 3 is 2.82 bits per heavy atom. The molecule has 56 valence electrons. The Morgan fingerprint density at radius 1 is 1.36 bits per heavy atom. The van der Waals surface area contributed by atoms with E-state index in [9.17, 15) is 0 Å².